The third-order valence-electron chi connectivity index (χ3n) is 5.53. The minimum absolute atomic E-state index is 0.109. The van der Waals surface area contributed by atoms with Crippen molar-refractivity contribution in [3.05, 3.63) is 34.3 Å². The van der Waals surface area contributed by atoms with Gasteiger partial charge in [0.15, 0.2) is 5.78 Å². The van der Waals surface area contributed by atoms with Gasteiger partial charge in [0.25, 0.3) is 0 Å². The molecule has 4 nitrogen and oxygen atoms in total. The summed E-state index contributed by atoms with van der Waals surface area (Å²) in [5.74, 6) is 0.469. The molecule has 1 aromatic rings. The molecule has 0 spiro atoms. The molecule has 1 saturated heterocycles. The fourth-order valence-corrected chi connectivity index (χ4v) is 4.38. The average Bonchev–Trinajstić information content (AvgIpc) is 2.88. The number of carbonyl (C=O) groups excluding carboxylic acids is 2. The maximum Gasteiger partial charge on any atom is 0.410 e. The van der Waals surface area contributed by atoms with Gasteiger partial charge in [-0.3, -0.25) is 4.79 Å². The summed E-state index contributed by atoms with van der Waals surface area (Å²) in [6.07, 6.45) is 3.23. The van der Waals surface area contributed by atoms with E-state index in [1.165, 1.54) is 0 Å². The molecule has 1 fully saturated rings. The number of likely N-dealkylation sites (tertiary alicyclic amines) is 1. The van der Waals surface area contributed by atoms with Crippen LogP contribution < -0.4 is 0 Å². The van der Waals surface area contributed by atoms with Crippen molar-refractivity contribution in [1.82, 2.24) is 4.90 Å². The van der Waals surface area contributed by atoms with E-state index in [9.17, 15) is 9.59 Å². The van der Waals surface area contributed by atoms with E-state index in [1.807, 2.05) is 32.9 Å². The van der Waals surface area contributed by atoms with Gasteiger partial charge in [-0.1, -0.05) is 24.9 Å². The lowest BCUT2D eigenvalue weighted by Gasteiger charge is -2.42. The fraction of sp³-hybridized carbons (Fsp3) is 0.619. The van der Waals surface area contributed by atoms with Gasteiger partial charge in [0.1, 0.15) is 5.60 Å². The first kappa shape index (κ1) is 19.2. The van der Waals surface area contributed by atoms with Crippen LogP contribution in [0.3, 0.4) is 0 Å². The molecule has 0 saturated carbocycles. The number of hydrogen-bond acceptors (Lipinski definition) is 3. The standard InChI is InChI=1S/C21H28ClNO3/c1-5-13-8-9-23(20(25)26-21(2,3)4)18(10-13)17-12-14-11-15(22)6-7-16(14)19(17)24/h6-7,11,13,17-18H,5,8-10,12H2,1-4H3. The van der Waals surface area contributed by atoms with E-state index in [4.69, 9.17) is 16.3 Å². The van der Waals surface area contributed by atoms with E-state index in [0.717, 1.165) is 30.4 Å². The number of fused-ring (bicyclic) bond motifs is 1. The third-order valence-corrected chi connectivity index (χ3v) is 5.77. The molecule has 1 aliphatic heterocycles. The number of nitrogens with zero attached hydrogens (tertiary/aromatic N) is 1. The number of amides is 1. The van der Waals surface area contributed by atoms with Crippen LogP contribution in [0, 0.1) is 11.8 Å². The number of benzene rings is 1. The van der Waals surface area contributed by atoms with Crippen LogP contribution in [0.15, 0.2) is 18.2 Å². The molecule has 1 heterocycles. The zero-order chi connectivity index (χ0) is 19.1. The van der Waals surface area contributed by atoms with Crippen LogP contribution in [0.1, 0.15) is 62.9 Å². The van der Waals surface area contributed by atoms with Gasteiger partial charge in [0.05, 0.1) is 0 Å². The SMILES string of the molecule is CCC1CCN(C(=O)OC(C)(C)C)C(C2Cc3cc(Cl)ccc3C2=O)C1. The Balaban J connectivity index is 1.86. The molecular weight excluding hydrogens is 350 g/mol. The van der Waals surface area contributed by atoms with Crippen molar-refractivity contribution >= 4 is 23.5 Å². The van der Waals surface area contributed by atoms with Crippen molar-refractivity contribution in [1.29, 1.82) is 0 Å². The molecule has 3 rings (SSSR count). The highest BCUT2D eigenvalue weighted by molar-refractivity contribution is 6.30. The van der Waals surface area contributed by atoms with Crippen LogP contribution in [0.25, 0.3) is 0 Å². The lowest BCUT2D eigenvalue weighted by Crippen LogP contribution is -2.52. The van der Waals surface area contributed by atoms with Crippen molar-refractivity contribution in [2.45, 2.75) is 65.0 Å². The topological polar surface area (TPSA) is 46.6 Å². The summed E-state index contributed by atoms with van der Waals surface area (Å²) in [6.45, 7) is 8.45. The summed E-state index contributed by atoms with van der Waals surface area (Å²) in [5, 5.41) is 0.649. The first-order chi connectivity index (χ1) is 12.2. The molecule has 0 radical (unpaired) electrons. The van der Waals surface area contributed by atoms with Crippen LogP contribution in [-0.2, 0) is 11.2 Å². The van der Waals surface area contributed by atoms with E-state index in [-0.39, 0.29) is 23.8 Å². The summed E-state index contributed by atoms with van der Waals surface area (Å²) >= 11 is 6.11. The van der Waals surface area contributed by atoms with E-state index < -0.39 is 5.60 Å². The van der Waals surface area contributed by atoms with E-state index in [1.54, 1.807) is 11.0 Å². The fourth-order valence-electron chi connectivity index (χ4n) is 4.19. The zero-order valence-electron chi connectivity index (χ0n) is 16.0. The van der Waals surface area contributed by atoms with Gasteiger partial charge in [-0.15, -0.1) is 0 Å². The number of ether oxygens (including phenoxy) is 1. The average molecular weight is 378 g/mol. The highest BCUT2D eigenvalue weighted by Crippen LogP contribution is 2.38. The van der Waals surface area contributed by atoms with Gasteiger partial charge in [-0.25, -0.2) is 4.79 Å². The maximum absolute atomic E-state index is 13.0. The Morgan fingerprint density at radius 1 is 1.35 bits per heavy atom. The van der Waals surface area contributed by atoms with E-state index in [2.05, 4.69) is 6.92 Å². The van der Waals surface area contributed by atoms with Crippen LogP contribution in [0.5, 0.6) is 0 Å². The van der Waals surface area contributed by atoms with Crippen LogP contribution >= 0.6 is 11.6 Å². The number of carbonyl (C=O) groups is 2. The Morgan fingerprint density at radius 3 is 2.73 bits per heavy atom. The molecule has 26 heavy (non-hydrogen) atoms. The Hall–Kier alpha value is -1.55. The van der Waals surface area contributed by atoms with Gasteiger partial charge in [-0.05, 0) is 69.7 Å². The van der Waals surface area contributed by atoms with Crippen LogP contribution in [-0.4, -0.2) is 35.0 Å². The predicted octanol–water partition coefficient (Wildman–Crippen LogP) is 5.12. The second-order valence-electron chi connectivity index (χ2n) is 8.52. The minimum atomic E-state index is -0.542. The molecule has 0 aromatic heterocycles. The molecule has 1 aromatic carbocycles. The largest absolute Gasteiger partial charge is 0.444 e. The summed E-state index contributed by atoms with van der Waals surface area (Å²) in [5.41, 5.74) is 1.21. The second-order valence-corrected chi connectivity index (χ2v) is 8.95. The first-order valence-electron chi connectivity index (χ1n) is 9.52. The highest BCUT2D eigenvalue weighted by atomic mass is 35.5. The molecule has 142 valence electrons. The van der Waals surface area contributed by atoms with Gasteiger partial charge in [0, 0.05) is 29.1 Å². The van der Waals surface area contributed by atoms with Gasteiger partial charge < -0.3 is 9.64 Å². The number of rotatable bonds is 2. The van der Waals surface area contributed by atoms with Crippen molar-refractivity contribution in [3.8, 4) is 0 Å². The number of halogens is 1. The molecule has 1 amide bonds. The Bertz CT molecular complexity index is 710. The van der Waals surface area contributed by atoms with E-state index >= 15 is 0 Å². The zero-order valence-corrected chi connectivity index (χ0v) is 16.8. The molecule has 3 atom stereocenters. The summed E-state index contributed by atoms with van der Waals surface area (Å²) in [6, 6.07) is 5.36. The molecule has 2 aliphatic rings. The van der Waals surface area contributed by atoms with Gasteiger partial charge >= 0.3 is 6.09 Å². The Morgan fingerprint density at radius 2 is 2.08 bits per heavy atom. The predicted molar refractivity (Wildman–Crippen MR) is 103 cm³/mol. The highest BCUT2D eigenvalue weighted by Gasteiger charge is 2.44. The molecule has 3 unspecified atom stereocenters. The van der Waals surface area contributed by atoms with Crippen molar-refractivity contribution in [2.24, 2.45) is 11.8 Å². The molecular formula is C21H28ClNO3. The minimum Gasteiger partial charge on any atom is -0.444 e. The van der Waals surface area contributed by atoms with Crippen molar-refractivity contribution in [2.75, 3.05) is 6.54 Å². The number of Topliss-reactive ketones (excluding diaryl/α,β-unsaturated/α-hetero) is 1. The molecule has 5 heteroatoms. The number of ketones is 1. The summed E-state index contributed by atoms with van der Waals surface area (Å²) in [4.78, 5) is 27.6. The second kappa shape index (κ2) is 7.22. The number of hydrogen-bond donors (Lipinski definition) is 0. The van der Waals surface area contributed by atoms with Gasteiger partial charge in [-0.2, -0.15) is 0 Å². The Kier molecular flexibility index (Phi) is 5.34. The molecule has 0 bridgehead atoms. The summed E-state index contributed by atoms with van der Waals surface area (Å²) in [7, 11) is 0. The van der Waals surface area contributed by atoms with Gasteiger partial charge in [0.2, 0.25) is 0 Å². The quantitative estimate of drug-likeness (QED) is 0.718. The van der Waals surface area contributed by atoms with Crippen LogP contribution in [0.4, 0.5) is 4.79 Å². The van der Waals surface area contributed by atoms with Crippen LogP contribution in [0.2, 0.25) is 5.02 Å². The monoisotopic (exact) mass is 377 g/mol. The number of piperidine rings is 1. The maximum atomic E-state index is 13.0. The first-order valence-corrected chi connectivity index (χ1v) is 9.89. The normalized spacial score (nSPS) is 26.0. The third kappa shape index (κ3) is 3.90. The molecule has 1 aliphatic carbocycles. The molecule has 0 N–H and O–H groups in total. The Labute approximate surface area is 160 Å². The van der Waals surface area contributed by atoms with Crippen molar-refractivity contribution < 1.29 is 14.3 Å². The lowest BCUT2D eigenvalue weighted by atomic mass is 9.81. The van der Waals surface area contributed by atoms with Crippen molar-refractivity contribution in [3.63, 3.8) is 0 Å². The summed E-state index contributed by atoms with van der Waals surface area (Å²) < 4.78 is 5.62. The lowest BCUT2D eigenvalue weighted by molar-refractivity contribution is -0.00323. The van der Waals surface area contributed by atoms with E-state index in [0.29, 0.717) is 23.9 Å². The smallest absolute Gasteiger partial charge is 0.410 e.